The molecule has 5 nitrogen and oxygen atoms in total. The molecule has 0 aromatic heterocycles. The van der Waals surface area contributed by atoms with E-state index in [9.17, 15) is 4.79 Å². The van der Waals surface area contributed by atoms with Crippen molar-refractivity contribution in [3.8, 4) is 5.75 Å². The van der Waals surface area contributed by atoms with Gasteiger partial charge in [0.05, 0.1) is 13.2 Å². The topological polar surface area (TPSA) is 42.0 Å². The first kappa shape index (κ1) is 19.6. The van der Waals surface area contributed by atoms with Crippen LogP contribution >= 0.6 is 0 Å². The number of para-hydroxylation sites is 1. The second kappa shape index (κ2) is 9.09. The molecule has 1 aliphatic heterocycles. The van der Waals surface area contributed by atoms with Gasteiger partial charge in [-0.1, -0.05) is 45.9 Å². The molecule has 0 bridgehead atoms. The van der Waals surface area contributed by atoms with Crippen LogP contribution in [0.2, 0.25) is 0 Å². The number of rotatable bonds is 9. The number of aryl methyl sites for hydroxylation is 1. The summed E-state index contributed by atoms with van der Waals surface area (Å²) in [4.78, 5) is 16.3. The lowest BCUT2D eigenvalue weighted by Gasteiger charge is -2.29. The van der Waals surface area contributed by atoms with Crippen LogP contribution < -0.4 is 4.74 Å². The van der Waals surface area contributed by atoms with Gasteiger partial charge in [-0.2, -0.15) is 0 Å². The summed E-state index contributed by atoms with van der Waals surface area (Å²) in [5.74, 6) is 1.98. The van der Waals surface area contributed by atoms with E-state index >= 15 is 0 Å². The Morgan fingerprint density at radius 2 is 1.84 bits per heavy atom. The number of benzene rings is 1. The number of cyclic esters (lactones) is 1. The van der Waals surface area contributed by atoms with Gasteiger partial charge in [-0.25, -0.2) is 4.79 Å². The SMILES string of the molecule is Cc1ccccc1OCC1CN(CN(CC(C)C)CC(C)C)C(=O)O1. The van der Waals surface area contributed by atoms with E-state index in [1.165, 1.54) is 0 Å². The van der Waals surface area contributed by atoms with Crippen LogP contribution in [-0.4, -0.2) is 54.9 Å². The monoisotopic (exact) mass is 348 g/mol. The fourth-order valence-electron chi connectivity index (χ4n) is 3.14. The molecule has 1 aromatic carbocycles. The lowest BCUT2D eigenvalue weighted by molar-refractivity contribution is 0.0975. The lowest BCUT2D eigenvalue weighted by atomic mass is 10.1. The zero-order valence-electron chi connectivity index (χ0n) is 16.2. The first-order chi connectivity index (χ1) is 11.8. The second-order valence-corrected chi connectivity index (χ2v) is 7.77. The van der Waals surface area contributed by atoms with Crippen LogP contribution in [-0.2, 0) is 4.74 Å². The van der Waals surface area contributed by atoms with Crippen LogP contribution in [0.5, 0.6) is 5.75 Å². The lowest BCUT2D eigenvalue weighted by Crippen LogP contribution is -2.42. The maximum Gasteiger partial charge on any atom is 0.411 e. The van der Waals surface area contributed by atoms with Crippen molar-refractivity contribution in [2.24, 2.45) is 11.8 Å². The van der Waals surface area contributed by atoms with Gasteiger partial charge in [0.25, 0.3) is 0 Å². The molecule has 0 saturated carbocycles. The number of hydrogen-bond acceptors (Lipinski definition) is 4. The highest BCUT2D eigenvalue weighted by molar-refractivity contribution is 5.69. The van der Waals surface area contributed by atoms with Gasteiger partial charge in [0, 0.05) is 13.1 Å². The van der Waals surface area contributed by atoms with Crippen LogP contribution in [0.3, 0.4) is 0 Å². The van der Waals surface area contributed by atoms with Crippen molar-refractivity contribution in [1.29, 1.82) is 0 Å². The van der Waals surface area contributed by atoms with E-state index in [0.29, 0.717) is 31.7 Å². The quantitative estimate of drug-likeness (QED) is 0.681. The Bertz CT molecular complexity index is 550. The van der Waals surface area contributed by atoms with Gasteiger partial charge in [0.1, 0.15) is 12.4 Å². The molecule has 1 amide bonds. The summed E-state index contributed by atoms with van der Waals surface area (Å²) in [5, 5.41) is 0. The third kappa shape index (κ3) is 6.24. The van der Waals surface area contributed by atoms with Gasteiger partial charge < -0.3 is 9.47 Å². The normalized spacial score (nSPS) is 17.7. The molecular formula is C20H32N2O3. The van der Waals surface area contributed by atoms with Crippen LogP contribution in [0.25, 0.3) is 0 Å². The fraction of sp³-hybridized carbons (Fsp3) is 0.650. The smallest absolute Gasteiger partial charge is 0.411 e. The molecule has 1 atom stereocenters. The van der Waals surface area contributed by atoms with Gasteiger partial charge >= 0.3 is 6.09 Å². The van der Waals surface area contributed by atoms with Crippen molar-refractivity contribution >= 4 is 6.09 Å². The molecule has 1 fully saturated rings. The molecule has 0 aliphatic carbocycles. The van der Waals surface area contributed by atoms with E-state index in [1.807, 2.05) is 31.2 Å². The van der Waals surface area contributed by atoms with Gasteiger partial charge in [0.2, 0.25) is 0 Å². The Labute approximate surface area is 151 Å². The van der Waals surface area contributed by atoms with Gasteiger partial charge in [-0.15, -0.1) is 0 Å². The highest BCUT2D eigenvalue weighted by Gasteiger charge is 2.33. The van der Waals surface area contributed by atoms with Gasteiger partial charge in [-0.05, 0) is 30.4 Å². The Morgan fingerprint density at radius 1 is 1.20 bits per heavy atom. The molecule has 5 heteroatoms. The van der Waals surface area contributed by atoms with Crippen LogP contribution in [0, 0.1) is 18.8 Å². The molecule has 1 aliphatic rings. The molecule has 0 spiro atoms. The minimum absolute atomic E-state index is 0.216. The highest BCUT2D eigenvalue weighted by Crippen LogP contribution is 2.19. The van der Waals surface area contributed by atoms with Gasteiger partial charge in [-0.3, -0.25) is 9.80 Å². The van der Waals surface area contributed by atoms with E-state index in [2.05, 4.69) is 32.6 Å². The first-order valence-electron chi connectivity index (χ1n) is 9.21. The second-order valence-electron chi connectivity index (χ2n) is 7.77. The molecule has 2 rings (SSSR count). The van der Waals surface area contributed by atoms with Crippen LogP contribution in [0.1, 0.15) is 33.3 Å². The summed E-state index contributed by atoms with van der Waals surface area (Å²) in [7, 11) is 0. The van der Waals surface area contributed by atoms with E-state index in [4.69, 9.17) is 9.47 Å². The number of carbonyl (C=O) groups excluding carboxylic acids is 1. The third-order valence-corrected chi connectivity index (χ3v) is 4.09. The van der Waals surface area contributed by atoms with Crippen molar-refractivity contribution in [2.75, 3.05) is 32.9 Å². The standard InChI is InChI=1S/C20H32N2O3/c1-15(2)10-21(11-16(3)4)14-22-12-18(25-20(22)23)13-24-19-9-7-6-8-17(19)5/h6-9,15-16,18H,10-14H2,1-5H3. The number of ether oxygens (including phenoxy) is 2. The first-order valence-corrected chi connectivity index (χ1v) is 9.21. The Morgan fingerprint density at radius 3 is 2.44 bits per heavy atom. The number of hydrogen-bond donors (Lipinski definition) is 0. The summed E-state index contributed by atoms with van der Waals surface area (Å²) in [5.41, 5.74) is 1.09. The Hall–Kier alpha value is -1.75. The molecule has 0 N–H and O–H groups in total. The van der Waals surface area contributed by atoms with Crippen molar-refractivity contribution in [1.82, 2.24) is 9.80 Å². The molecular weight excluding hydrogens is 316 g/mol. The molecule has 1 heterocycles. The average molecular weight is 348 g/mol. The average Bonchev–Trinajstić information content (AvgIpc) is 2.85. The summed E-state index contributed by atoms with van der Waals surface area (Å²) in [6.45, 7) is 14.4. The van der Waals surface area contributed by atoms with Crippen molar-refractivity contribution in [3.63, 3.8) is 0 Å². The molecule has 25 heavy (non-hydrogen) atoms. The van der Waals surface area contributed by atoms with Crippen LogP contribution in [0.15, 0.2) is 24.3 Å². The molecule has 0 radical (unpaired) electrons. The Kier molecular flexibility index (Phi) is 7.12. The minimum Gasteiger partial charge on any atom is -0.489 e. The van der Waals surface area contributed by atoms with Gasteiger partial charge in [0.15, 0.2) is 6.10 Å². The predicted octanol–water partition coefficient (Wildman–Crippen LogP) is 3.77. The van der Waals surface area contributed by atoms with Crippen molar-refractivity contribution in [2.45, 2.75) is 40.7 Å². The fourth-order valence-corrected chi connectivity index (χ4v) is 3.14. The maximum absolute atomic E-state index is 12.2. The number of carbonyl (C=O) groups is 1. The zero-order chi connectivity index (χ0) is 18.4. The Balaban J connectivity index is 1.87. The number of amides is 1. The van der Waals surface area contributed by atoms with Crippen LogP contribution in [0.4, 0.5) is 4.79 Å². The molecule has 1 saturated heterocycles. The minimum atomic E-state index is -0.240. The van der Waals surface area contributed by atoms with E-state index in [0.717, 1.165) is 24.4 Å². The summed E-state index contributed by atoms with van der Waals surface area (Å²) >= 11 is 0. The van der Waals surface area contributed by atoms with E-state index < -0.39 is 0 Å². The summed E-state index contributed by atoms with van der Waals surface area (Å²) in [6.07, 6.45) is -0.456. The largest absolute Gasteiger partial charge is 0.489 e. The maximum atomic E-state index is 12.2. The number of nitrogens with zero attached hydrogens (tertiary/aromatic N) is 2. The zero-order valence-corrected chi connectivity index (χ0v) is 16.2. The van der Waals surface area contributed by atoms with E-state index in [-0.39, 0.29) is 12.2 Å². The molecule has 140 valence electrons. The highest BCUT2D eigenvalue weighted by atomic mass is 16.6. The van der Waals surface area contributed by atoms with Crippen molar-refractivity contribution < 1.29 is 14.3 Å². The van der Waals surface area contributed by atoms with E-state index in [1.54, 1.807) is 4.90 Å². The predicted molar refractivity (Wildman–Crippen MR) is 99.8 cm³/mol. The molecule has 1 aromatic rings. The molecule has 1 unspecified atom stereocenters. The summed E-state index contributed by atoms with van der Waals surface area (Å²) < 4.78 is 11.3. The third-order valence-electron chi connectivity index (χ3n) is 4.09. The van der Waals surface area contributed by atoms with Crippen molar-refractivity contribution in [3.05, 3.63) is 29.8 Å². The summed E-state index contributed by atoms with van der Waals surface area (Å²) in [6, 6.07) is 7.89.